The highest BCUT2D eigenvalue weighted by molar-refractivity contribution is 7.80. The average Bonchev–Trinajstić information content (AvgIpc) is 3.12. The van der Waals surface area contributed by atoms with E-state index in [1.165, 1.54) is 0 Å². The largest absolute Gasteiger partial charge is 0.378 e. The van der Waals surface area contributed by atoms with E-state index in [1.54, 1.807) is 17.0 Å². The summed E-state index contributed by atoms with van der Waals surface area (Å²) in [5.41, 5.74) is 6.34. The maximum atomic E-state index is 5.94. The molecule has 2 aromatic rings. The van der Waals surface area contributed by atoms with Crippen LogP contribution in [0.1, 0.15) is 5.56 Å². The first kappa shape index (κ1) is 19.4. The molecule has 0 spiro atoms. The molecule has 1 aliphatic rings. The third-order valence-electron chi connectivity index (χ3n) is 3.92. The minimum atomic E-state index is 0.254. The van der Waals surface area contributed by atoms with Crippen molar-refractivity contribution in [3.63, 3.8) is 0 Å². The van der Waals surface area contributed by atoms with Crippen molar-refractivity contribution in [2.75, 3.05) is 48.7 Å². The molecule has 12 heteroatoms. The molecule has 3 rings (SSSR count). The molecule has 0 bridgehead atoms. The highest BCUT2D eigenvalue weighted by Gasteiger charge is 2.20. The molecule has 10 nitrogen and oxygen atoms in total. The predicted molar refractivity (Wildman–Crippen MR) is 109 cm³/mol. The van der Waals surface area contributed by atoms with Gasteiger partial charge in [-0.3, -0.25) is 10.9 Å². The van der Waals surface area contributed by atoms with Gasteiger partial charge in [-0.05, 0) is 29.9 Å². The molecule has 0 aliphatic carbocycles. The minimum absolute atomic E-state index is 0.254. The molecule has 1 saturated heterocycles. The van der Waals surface area contributed by atoms with Crippen molar-refractivity contribution in [3.05, 3.63) is 34.9 Å². The first-order valence-electron chi connectivity index (χ1n) is 8.36. The summed E-state index contributed by atoms with van der Waals surface area (Å²) in [6.07, 6.45) is 0. The van der Waals surface area contributed by atoms with E-state index in [0.717, 1.165) is 18.7 Å². The van der Waals surface area contributed by atoms with Crippen molar-refractivity contribution >= 4 is 40.8 Å². The molecule has 1 aromatic carbocycles. The van der Waals surface area contributed by atoms with Crippen LogP contribution in [-0.2, 0) is 11.3 Å². The van der Waals surface area contributed by atoms with Crippen LogP contribution < -0.4 is 32.0 Å². The predicted octanol–water partition coefficient (Wildman–Crippen LogP) is 0.201. The standard InChI is InChI=1S/C15H22ClN9OS/c1-23(22-15(27)20-17)25-13(18-10-11-2-4-12(16)5-3-11)19-14(21-25)24-6-8-26-9-7-24/h2-5H,6-10,17H2,1H3,(H,18,19,21)(H2,20,22,27). The Morgan fingerprint density at radius 3 is 2.70 bits per heavy atom. The summed E-state index contributed by atoms with van der Waals surface area (Å²) >= 11 is 11.0. The first-order chi connectivity index (χ1) is 13.1. The van der Waals surface area contributed by atoms with Gasteiger partial charge in [-0.15, -0.1) is 9.89 Å². The second-order valence-corrected chi connectivity index (χ2v) is 6.66. The van der Waals surface area contributed by atoms with E-state index < -0.39 is 0 Å². The molecule has 1 fully saturated rings. The Hall–Kier alpha value is -2.34. The number of morpholine rings is 1. The van der Waals surface area contributed by atoms with Crippen LogP contribution >= 0.6 is 23.8 Å². The number of benzene rings is 1. The van der Waals surface area contributed by atoms with Crippen molar-refractivity contribution in [2.45, 2.75) is 6.54 Å². The van der Waals surface area contributed by atoms with Crippen LogP contribution in [0.15, 0.2) is 24.3 Å². The second kappa shape index (κ2) is 9.04. The number of nitrogens with one attached hydrogen (secondary N) is 3. The van der Waals surface area contributed by atoms with Gasteiger partial charge in [0.1, 0.15) is 0 Å². The fraction of sp³-hybridized carbons (Fsp3) is 0.400. The molecule has 1 aromatic heterocycles. The highest BCUT2D eigenvalue weighted by atomic mass is 35.5. The van der Waals surface area contributed by atoms with E-state index in [9.17, 15) is 0 Å². The van der Waals surface area contributed by atoms with Crippen molar-refractivity contribution < 1.29 is 4.74 Å². The smallest absolute Gasteiger partial charge is 0.248 e. The molecule has 0 unspecified atom stereocenters. The molecule has 2 heterocycles. The van der Waals surface area contributed by atoms with Crippen molar-refractivity contribution in [3.8, 4) is 0 Å². The third-order valence-corrected chi connectivity index (χ3v) is 4.38. The fourth-order valence-corrected chi connectivity index (χ4v) is 2.78. The first-order valence-corrected chi connectivity index (χ1v) is 9.15. The van der Waals surface area contributed by atoms with Gasteiger partial charge in [-0.2, -0.15) is 4.98 Å². The zero-order valence-corrected chi connectivity index (χ0v) is 16.4. The van der Waals surface area contributed by atoms with Gasteiger partial charge in [-0.25, -0.2) is 11.0 Å². The summed E-state index contributed by atoms with van der Waals surface area (Å²) in [6, 6.07) is 7.60. The lowest BCUT2D eigenvalue weighted by atomic mass is 10.2. The lowest BCUT2D eigenvalue weighted by Gasteiger charge is -2.25. The number of ether oxygens (including phenoxy) is 1. The fourth-order valence-electron chi connectivity index (χ4n) is 2.52. The van der Waals surface area contributed by atoms with Crippen LogP contribution in [0.25, 0.3) is 0 Å². The molecule has 1 aliphatic heterocycles. The molecule has 0 atom stereocenters. The molecule has 5 N–H and O–H groups in total. The summed E-state index contributed by atoms with van der Waals surface area (Å²) in [5.74, 6) is 6.50. The molecule has 0 radical (unpaired) electrons. The maximum absolute atomic E-state index is 5.94. The van der Waals surface area contributed by atoms with Gasteiger partial charge in [-0.1, -0.05) is 23.7 Å². The monoisotopic (exact) mass is 411 g/mol. The molecular formula is C15H22ClN9OS. The Kier molecular flexibility index (Phi) is 6.50. The Bertz CT molecular complexity index is 763. The Labute approximate surface area is 167 Å². The van der Waals surface area contributed by atoms with E-state index >= 15 is 0 Å². The topological polar surface area (TPSA) is 109 Å². The number of nitrogens with two attached hydrogens (primary N) is 1. The van der Waals surface area contributed by atoms with Crippen LogP contribution in [0.5, 0.6) is 0 Å². The quantitative estimate of drug-likeness (QED) is 0.299. The van der Waals surface area contributed by atoms with E-state index in [4.69, 9.17) is 34.4 Å². The molecular weight excluding hydrogens is 390 g/mol. The Morgan fingerprint density at radius 2 is 2.04 bits per heavy atom. The third kappa shape index (κ3) is 5.10. The number of hydrazine groups is 2. The van der Waals surface area contributed by atoms with E-state index in [0.29, 0.717) is 36.7 Å². The van der Waals surface area contributed by atoms with Crippen molar-refractivity contribution in [1.82, 2.24) is 25.7 Å². The number of rotatable bonds is 6. The second-order valence-electron chi connectivity index (χ2n) is 5.81. The lowest BCUT2D eigenvalue weighted by molar-refractivity contribution is 0.122. The number of hydrogen-bond acceptors (Lipinski definition) is 8. The summed E-state index contributed by atoms with van der Waals surface area (Å²) in [4.78, 5) is 8.29. The van der Waals surface area contributed by atoms with Gasteiger partial charge in [0.15, 0.2) is 0 Å². The van der Waals surface area contributed by atoms with Gasteiger partial charge in [0.25, 0.3) is 0 Å². The number of aromatic nitrogens is 3. The zero-order chi connectivity index (χ0) is 19.2. The molecule has 146 valence electrons. The summed E-state index contributed by atoms with van der Waals surface area (Å²) in [7, 11) is 1.76. The van der Waals surface area contributed by atoms with Crippen LogP contribution in [0, 0.1) is 0 Å². The van der Waals surface area contributed by atoms with Gasteiger partial charge < -0.3 is 15.0 Å². The van der Waals surface area contributed by atoms with E-state index in [-0.39, 0.29) is 5.11 Å². The summed E-state index contributed by atoms with van der Waals surface area (Å²) < 4.78 is 5.40. The normalized spacial score (nSPS) is 14.0. The van der Waals surface area contributed by atoms with Crippen molar-refractivity contribution in [2.24, 2.45) is 5.84 Å². The average molecular weight is 412 g/mol. The van der Waals surface area contributed by atoms with E-state index in [2.05, 4.69) is 31.2 Å². The summed E-state index contributed by atoms with van der Waals surface area (Å²) in [6.45, 7) is 3.33. The number of thiocarbonyl (C=S) groups is 1. The number of anilines is 2. The van der Waals surface area contributed by atoms with Crippen LogP contribution in [-0.4, -0.2) is 53.3 Å². The van der Waals surface area contributed by atoms with Crippen molar-refractivity contribution in [1.29, 1.82) is 0 Å². The number of nitrogens with zero attached hydrogens (tertiary/aromatic N) is 5. The van der Waals surface area contributed by atoms with Crippen LogP contribution in [0.2, 0.25) is 5.02 Å². The van der Waals surface area contributed by atoms with Gasteiger partial charge in [0, 0.05) is 31.7 Å². The van der Waals surface area contributed by atoms with Gasteiger partial charge >= 0.3 is 0 Å². The highest BCUT2D eigenvalue weighted by Crippen LogP contribution is 2.16. The Morgan fingerprint density at radius 1 is 1.33 bits per heavy atom. The zero-order valence-electron chi connectivity index (χ0n) is 14.9. The van der Waals surface area contributed by atoms with E-state index in [1.807, 2.05) is 24.3 Å². The van der Waals surface area contributed by atoms with Gasteiger partial charge in [0.2, 0.25) is 17.0 Å². The lowest BCUT2D eigenvalue weighted by Crippen LogP contribution is -2.52. The summed E-state index contributed by atoms with van der Waals surface area (Å²) in [5, 5.41) is 10.4. The van der Waals surface area contributed by atoms with Gasteiger partial charge in [0.05, 0.1) is 13.2 Å². The Balaban J connectivity index is 1.78. The SMILES string of the molecule is CN(NC(=S)NN)n1nc(N2CCOCC2)nc1NCc1ccc(Cl)cc1. The minimum Gasteiger partial charge on any atom is -0.378 e. The molecule has 0 amide bonds. The maximum Gasteiger partial charge on any atom is 0.248 e. The number of halogens is 1. The van der Waals surface area contributed by atoms with Crippen LogP contribution in [0.4, 0.5) is 11.9 Å². The van der Waals surface area contributed by atoms with Crippen LogP contribution in [0.3, 0.4) is 0 Å². The molecule has 27 heavy (non-hydrogen) atoms. The number of hydrogen-bond donors (Lipinski definition) is 4. The molecule has 0 saturated carbocycles.